The summed E-state index contributed by atoms with van der Waals surface area (Å²) in [6.45, 7) is 6.37. The number of hydrogen-bond acceptors (Lipinski definition) is 0. The first-order valence-corrected chi connectivity index (χ1v) is 3.60. The summed E-state index contributed by atoms with van der Waals surface area (Å²) in [5.41, 5.74) is 1.37. The van der Waals surface area contributed by atoms with E-state index in [1.54, 1.807) is 0 Å². The molecule has 0 aromatic carbocycles. The summed E-state index contributed by atoms with van der Waals surface area (Å²) in [7, 11) is 0. The quantitative estimate of drug-likeness (QED) is 0.506. The third-order valence-electron chi connectivity index (χ3n) is 1.18. The molecule has 0 radical (unpaired) electrons. The maximum Gasteiger partial charge on any atom is -0.0348 e. The van der Waals surface area contributed by atoms with Gasteiger partial charge in [-0.15, -0.1) is 0 Å². The Labute approximate surface area is 58.3 Å². The van der Waals surface area contributed by atoms with Gasteiger partial charge in [0.15, 0.2) is 0 Å². The van der Waals surface area contributed by atoms with Crippen molar-refractivity contribution in [3.05, 3.63) is 23.8 Å². The van der Waals surface area contributed by atoms with Crippen LogP contribution in [0.4, 0.5) is 0 Å². The topological polar surface area (TPSA) is 0 Å². The molecule has 52 valence electrons. The van der Waals surface area contributed by atoms with Gasteiger partial charge in [-0.2, -0.15) is 0 Å². The molecule has 0 fully saturated rings. The van der Waals surface area contributed by atoms with Gasteiger partial charge in [0.2, 0.25) is 0 Å². The van der Waals surface area contributed by atoms with Gasteiger partial charge in [0.05, 0.1) is 0 Å². The molecule has 0 saturated heterocycles. The van der Waals surface area contributed by atoms with Crippen LogP contribution in [0.5, 0.6) is 0 Å². The summed E-state index contributed by atoms with van der Waals surface area (Å²) in [5, 5.41) is 0. The van der Waals surface area contributed by atoms with Crippen LogP contribution in [0.15, 0.2) is 23.8 Å². The molecule has 0 N–H and O–H groups in total. The molecule has 0 aliphatic carbocycles. The largest absolute Gasteiger partial charge is 0.0874 e. The van der Waals surface area contributed by atoms with E-state index >= 15 is 0 Å². The summed E-state index contributed by atoms with van der Waals surface area (Å²) in [6.07, 6.45) is 8.92. The molecule has 0 heterocycles. The molecule has 0 amide bonds. The van der Waals surface area contributed by atoms with Gasteiger partial charge >= 0.3 is 0 Å². The second-order valence-corrected chi connectivity index (χ2v) is 2.24. The average molecular weight is 124 g/mol. The Morgan fingerprint density at radius 2 is 2.11 bits per heavy atom. The molecule has 0 nitrogen and oxygen atoms in total. The maximum atomic E-state index is 2.26. The molecule has 0 rings (SSSR count). The van der Waals surface area contributed by atoms with E-state index in [4.69, 9.17) is 0 Å². The first-order valence-electron chi connectivity index (χ1n) is 3.60. The lowest BCUT2D eigenvalue weighted by molar-refractivity contribution is 0.952. The highest BCUT2D eigenvalue weighted by molar-refractivity contribution is 5.14. The zero-order chi connectivity index (χ0) is 7.11. The lowest BCUT2D eigenvalue weighted by Gasteiger charge is -1.88. The minimum atomic E-state index is 1.20. The highest BCUT2D eigenvalue weighted by Gasteiger charge is 1.77. The van der Waals surface area contributed by atoms with Crippen LogP contribution in [0.1, 0.15) is 33.6 Å². The van der Waals surface area contributed by atoms with E-state index in [0.717, 1.165) is 0 Å². The van der Waals surface area contributed by atoms with Crippen LogP contribution in [-0.2, 0) is 0 Å². The van der Waals surface area contributed by atoms with Gasteiger partial charge in [-0.25, -0.2) is 0 Å². The third kappa shape index (κ3) is 5.35. The lowest BCUT2D eigenvalue weighted by atomic mass is 10.2. The molecule has 0 aliphatic heterocycles. The second-order valence-electron chi connectivity index (χ2n) is 2.24. The van der Waals surface area contributed by atoms with E-state index in [1.165, 1.54) is 18.4 Å². The van der Waals surface area contributed by atoms with E-state index < -0.39 is 0 Å². The number of rotatable bonds is 3. The predicted octanol–water partition coefficient (Wildman–Crippen LogP) is 3.31. The minimum Gasteiger partial charge on any atom is -0.0874 e. The van der Waals surface area contributed by atoms with Crippen molar-refractivity contribution >= 4 is 0 Å². The molecular weight excluding hydrogens is 108 g/mol. The van der Waals surface area contributed by atoms with Crippen LogP contribution in [0, 0.1) is 0 Å². The summed E-state index contributed by atoms with van der Waals surface area (Å²) in [4.78, 5) is 0. The van der Waals surface area contributed by atoms with Crippen molar-refractivity contribution in [2.75, 3.05) is 0 Å². The lowest BCUT2D eigenvalue weighted by Crippen LogP contribution is -1.67. The molecule has 0 saturated carbocycles. The SMILES string of the molecule is C/C=C/C(C)=C/CCC. The molecule has 9 heavy (non-hydrogen) atoms. The summed E-state index contributed by atoms with van der Waals surface area (Å²) >= 11 is 0. The van der Waals surface area contributed by atoms with Crippen molar-refractivity contribution in [2.45, 2.75) is 33.6 Å². The van der Waals surface area contributed by atoms with Crippen LogP contribution < -0.4 is 0 Å². The summed E-state index contributed by atoms with van der Waals surface area (Å²) < 4.78 is 0. The van der Waals surface area contributed by atoms with Gasteiger partial charge in [0.1, 0.15) is 0 Å². The van der Waals surface area contributed by atoms with Gasteiger partial charge in [0.25, 0.3) is 0 Å². The van der Waals surface area contributed by atoms with Crippen LogP contribution in [0.2, 0.25) is 0 Å². The monoisotopic (exact) mass is 124 g/mol. The smallest absolute Gasteiger partial charge is 0.0348 e. The maximum absolute atomic E-state index is 2.26. The van der Waals surface area contributed by atoms with Crippen LogP contribution >= 0.6 is 0 Å². The standard InChI is InChI=1S/C9H16/c1-4-6-8-9(3)7-5-2/h5,7-8H,4,6H2,1-3H3/b7-5+,9-8+. The van der Waals surface area contributed by atoms with E-state index in [2.05, 4.69) is 32.1 Å². The Morgan fingerprint density at radius 1 is 1.44 bits per heavy atom. The Kier molecular flexibility index (Phi) is 5.29. The first kappa shape index (κ1) is 8.48. The summed E-state index contributed by atoms with van der Waals surface area (Å²) in [6, 6.07) is 0. The van der Waals surface area contributed by atoms with E-state index in [9.17, 15) is 0 Å². The molecule has 0 spiro atoms. The van der Waals surface area contributed by atoms with E-state index in [1.807, 2.05) is 6.92 Å². The van der Waals surface area contributed by atoms with Crippen molar-refractivity contribution in [2.24, 2.45) is 0 Å². The van der Waals surface area contributed by atoms with Gasteiger partial charge < -0.3 is 0 Å². The van der Waals surface area contributed by atoms with Gasteiger partial charge in [-0.1, -0.05) is 37.1 Å². The van der Waals surface area contributed by atoms with Crippen molar-refractivity contribution in [3.8, 4) is 0 Å². The first-order chi connectivity index (χ1) is 4.31. The number of hydrogen-bond donors (Lipinski definition) is 0. The number of unbranched alkanes of at least 4 members (excludes halogenated alkanes) is 1. The fourth-order valence-corrected chi connectivity index (χ4v) is 0.703. The Morgan fingerprint density at radius 3 is 2.56 bits per heavy atom. The van der Waals surface area contributed by atoms with Crippen molar-refractivity contribution in [1.29, 1.82) is 0 Å². The molecule has 0 heteroatoms. The predicted molar refractivity (Wildman–Crippen MR) is 43.5 cm³/mol. The highest BCUT2D eigenvalue weighted by Crippen LogP contribution is 1.98. The molecule has 0 aromatic heterocycles. The van der Waals surface area contributed by atoms with Crippen molar-refractivity contribution in [3.63, 3.8) is 0 Å². The minimum absolute atomic E-state index is 1.20. The Hall–Kier alpha value is -0.520. The van der Waals surface area contributed by atoms with Crippen LogP contribution in [0.25, 0.3) is 0 Å². The van der Waals surface area contributed by atoms with Crippen LogP contribution in [0.3, 0.4) is 0 Å². The van der Waals surface area contributed by atoms with E-state index in [0.29, 0.717) is 0 Å². The highest BCUT2D eigenvalue weighted by atomic mass is 13.8. The normalized spacial score (nSPS) is 13.0. The fourth-order valence-electron chi connectivity index (χ4n) is 0.703. The zero-order valence-electron chi connectivity index (χ0n) is 6.65. The van der Waals surface area contributed by atoms with Gasteiger partial charge in [0, 0.05) is 0 Å². The second kappa shape index (κ2) is 5.61. The summed E-state index contributed by atoms with van der Waals surface area (Å²) in [5.74, 6) is 0. The van der Waals surface area contributed by atoms with E-state index in [-0.39, 0.29) is 0 Å². The van der Waals surface area contributed by atoms with Gasteiger partial charge in [-0.05, 0) is 20.3 Å². The Balaban J connectivity index is 3.55. The van der Waals surface area contributed by atoms with Crippen molar-refractivity contribution < 1.29 is 0 Å². The fraction of sp³-hybridized carbons (Fsp3) is 0.556. The molecular formula is C9H16. The zero-order valence-corrected chi connectivity index (χ0v) is 6.65. The number of allylic oxidation sites excluding steroid dienone is 4. The third-order valence-corrected chi connectivity index (χ3v) is 1.18. The van der Waals surface area contributed by atoms with Gasteiger partial charge in [-0.3, -0.25) is 0 Å². The molecule has 0 bridgehead atoms. The molecule has 0 aliphatic rings. The average Bonchev–Trinajstić information content (AvgIpc) is 1.85. The van der Waals surface area contributed by atoms with Crippen molar-refractivity contribution in [1.82, 2.24) is 0 Å². The molecule has 0 aromatic rings. The van der Waals surface area contributed by atoms with Crippen LogP contribution in [-0.4, -0.2) is 0 Å². The Bertz CT molecular complexity index is 107. The molecule has 0 unspecified atom stereocenters. The molecule has 0 atom stereocenters.